The molecule has 5 nitrogen and oxygen atoms in total. The highest BCUT2D eigenvalue weighted by Crippen LogP contribution is 2.34. The lowest BCUT2D eigenvalue weighted by molar-refractivity contribution is 0.165. The van der Waals surface area contributed by atoms with Crippen LogP contribution >= 0.6 is 11.8 Å². The van der Waals surface area contributed by atoms with E-state index in [9.17, 15) is 5.11 Å². The van der Waals surface area contributed by atoms with Crippen molar-refractivity contribution in [2.75, 3.05) is 6.54 Å². The van der Waals surface area contributed by atoms with Crippen LogP contribution in [0.4, 0.5) is 0 Å². The van der Waals surface area contributed by atoms with E-state index in [1.807, 2.05) is 29.4 Å². The fraction of sp³-hybridized carbons (Fsp3) is 0.650. The average Bonchev–Trinajstić information content (AvgIpc) is 3.28. The zero-order chi connectivity index (χ0) is 17.9. The second-order valence-electron chi connectivity index (χ2n) is 7.52. The lowest BCUT2D eigenvalue weighted by Crippen LogP contribution is -2.33. The van der Waals surface area contributed by atoms with Gasteiger partial charge in [0.15, 0.2) is 5.09 Å². The molecular formula is C20H29N3O2S. The molecule has 1 fully saturated rings. The van der Waals surface area contributed by atoms with E-state index in [2.05, 4.69) is 22.1 Å². The van der Waals surface area contributed by atoms with E-state index in [0.717, 1.165) is 48.0 Å². The van der Waals surface area contributed by atoms with Gasteiger partial charge in [0.1, 0.15) is 5.76 Å². The molecule has 0 bridgehead atoms. The minimum Gasteiger partial charge on any atom is -0.454 e. The Bertz CT molecular complexity index is 720. The van der Waals surface area contributed by atoms with Gasteiger partial charge in [-0.15, -0.1) is 0 Å². The third-order valence-electron chi connectivity index (χ3n) is 5.48. The van der Waals surface area contributed by atoms with Crippen LogP contribution in [-0.2, 0) is 19.6 Å². The zero-order valence-corrected chi connectivity index (χ0v) is 16.4. The van der Waals surface area contributed by atoms with Gasteiger partial charge in [-0.25, -0.2) is 0 Å². The van der Waals surface area contributed by atoms with Gasteiger partial charge in [-0.05, 0) is 37.5 Å². The van der Waals surface area contributed by atoms with Crippen molar-refractivity contribution in [1.82, 2.24) is 14.7 Å². The van der Waals surface area contributed by atoms with Crippen LogP contribution in [0.3, 0.4) is 0 Å². The lowest BCUT2D eigenvalue weighted by atomic mass is 10.0. The minimum atomic E-state index is -0.453. The number of thioether (sulfide) groups is 1. The van der Waals surface area contributed by atoms with Crippen LogP contribution < -0.4 is 0 Å². The fourth-order valence-electron chi connectivity index (χ4n) is 3.92. The van der Waals surface area contributed by atoms with E-state index >= 15 is 0 Å². The van der Waals surface area contributed by atoms with Gasteiger partial charge < -0.3 is 9.52 Å². The van der Waals surface area contributed by atoms with Gasteiger partial charge in [0.05, 0.1) is 30.6 Å². The normalized spacial score (nSPS) is 20.2. The number of aliphatic hydroxyl groups excluding tert-OH is 1. The number of aliphatic hydroxyl groups is 1. The smallest absolute Gasteiger partial charge is 0.160 e. The predicted molar refractivity (Wildman–Crippen MR) is 103 cm³/mol. The second kappa shape index (κ2) is 8.19. The first-order chi connectivity index (χ1) is 12.7. The molecule has 1 saturated carbocycles. The molecule has 0 radical (unpaired) electrons. The second-order valence-corrected chi connectivity index (χ2v) is 8.82. The molecule has 0 amide bonds. The summed E-state index contributed by atoms with van der Waals surface area (Å²) in [5, 5.41) is 16.4. The molecule has 2 aromatic rings. The van der Waals surface area contributed by atoms with Crippen LogP contribution in [0.1, 0.15) is 68.7 Å². The van der Waals surface area contributed by atoms with Crippen LogP contribution in [0.25, 0.3) is 0 Å². The van der Waals surface area contributed by atoms with Gasteiger partial charge in [0.2, 0.25) is 0 Å². The van der Waals surface area contributed by atoms with Crippen molar-refractivity contribution >= 4 is 11.8 Å². The molecule has 6 heteroatoms. The highest BCUT2D eigenvalue weighted by atomic mass is 32.2. The lowest BCUT2D eigenvalue weighted by Gasteiger charge is -2.26. The highest BCUT2D eigenvalue weighted by molar-refractivity contribution is 7.99. The predicted octanol–water partition coefficient (Wildman–Crippen LogP) is 4.36. The summed E-state index contributed by atoms with van der Waals surface area (Å²) >= 11 is 1.92. The number of rotatable bonds is 6. The van der Waals surface area contributed by atoms with Crippen molar-refractivity contribution < 1.29 is 9.52 Å². The molecule has 1 aliphatic heterocycles. The average molecular weight is 376 g/mol. The van der Waals surface area contributed by atoms with E-state index < -0.39 is 6.10 Å². The Morgan fingerprint density at radius 2 is 2.12 bits per heavy atom. The Morgan fingerprint density at radius 3 is 2.92 bits per heavy atom. The van der Waals surface area contributed by atoms with Gasteiger partial charge in [-0.3, -0.25) is 9.58 Å². The van der Waals surface area contributed by atoms with Crippen LogP contribution in [0, 0.1) is 0 Å². The molecule has 3 heterocycles. The van der Waals surface area contributed by atoms with Gasteiger partial charge in [0, 0.05) is 18.3 Å². The Morgan fingerprint density at radius 1 is 1.27 bits per heavy atom. The van der Waals surface area contributed by atoms with Crippen molar-refractivity contribution in [3.05, 3.63) is 35.3 Å². The molecule has 1 unspecified atom stereocenters. The van der Waals surface area contributed by atoms with E-state index in [1.165, 1.54) is 37.8 Å². The van der Waals surface area contributed by atoms with Crippen LogP contribution in [-0.4, -0.2) is 31.6 Å². The van der Waals surface area contributed by atoms with Crippen LogP contribution in [0.15, 0.2) is 27.7 Å². The number of fused-ring (bicyclic) bond motifs is 1. The van der Waals surface area contributed by atoms with Crippen molar-refractivity contribution in [2.24, 2.45) is 0 Å². The van der Waals surface area contributed by atoms with Crippen molar-refractivity contribution in [1.29, 1.82) is 0 Å². The quantitative estimate of drug-likeness (QED) is 0.813. The maximum absolute atomic E-state index is 10.0. The molecule has 1 aliphatic carbocycles. The number of furan rings is 1. The molecule has 26 heavy (non-hydrogen) atoms. The number of nitrogens with zero attached hydrogens (tertiary/aromatic N) is 3. The Balaban J connectivity index is 1.34. The summed E-state index contributed by atoms with van der Waals surface area (Å²) < 4.78 is 8.14. The number of hydrogen-bond donors (Lipinski definition) is 1. The monoisotopic (exact) mass is 375 g/mol. The van der Waals surface area contributed by atoms with Crippen molar-refractivity contribution in [3.63, 3.8) is 0 Å². The molecular weight excluding hydrogens is 346 g/mol. The summed E-state index contributed by atoms with van der Waals surface area (Å²) in [6.07, 6.45) is 7.01. The number of hydrogen-bond acceptors (Lipinski definition) is 5. The third-order valence-corrected chi connectivity index (χ3v) is 6.73. The summed E-state index contributed by atoms with van der Waals surface area (Å²) in [7, 11) is 0. The summed E-state index contributed by atoms with van der Waals surface area (Å²) in [6.45, 7) is 5.50. The minimum absolute atomic E-state index is 0.453. The van der Waals surface area contributed by atoms with E-state index in [4.69, 9.17) is 4.42 Å². The van der Waals surface area contributed by atoms with Gasteiger partial charge in [0.25, 0.3) is 0 Å². The first kappa shape index (κ1) is 18.1. The zero-order valence-electron chi connectivity index (χ0n) is 15.6. The van der Waals surface area contributed by atoms with E-state index in [1.54, 1.807) is 0 Å². The standard InChI is InChI=1S/C20H29N3O2S/c1-2-19(24)18-12-15-13-22(10-11-23(15)21-18)14-16-8-9-20(25-16)26-17-6-4-3-5-7-17/h8-9,12,17,19,24H,2-7,10-11,13-14H2,1H3. The van der Waals surface area contributed by atoms with Gasteiger partial charge >= 0.3 is 0 Å². The molecule has 0 spiro atoms. The van der Waals surface area contributed by atoms with Crippen molar-refractivity contribution in [3.8, 4) is 0 Å². The fourth-order valence-corrected chi connectivity index (χ4v) is 5.12. The maximum atomic E-state index is 10.0. The summed E-state index contributed by atoms with van der Waals surface area (Å²) in [6, 6.07) is 6.31. The van der Waals surface area contributed by atoms with Crippen molar-refractivity contribution in [2.45, 2.75) is 81.5 Å². The molecule has 2 aliphatic rings. The molecule has 142 valence electrons. The largest absolute Gasteiger partial charge is 0.454 e. The summed E-state index contributed by atoms with van der Waals surface area (Å²) in [5.41, 5.74) is 1.98. The SMILES string of the molecule is CCC(O)c1cc2n(n1)CCN(Cc1ccc(SC3CCCCC3)o1)C2. The molecule has 1 N–H and O–H groups in total. The van der Waals surface area contributed by atoms with Crippen LogP contribution in [0.2, 0.25) is 0 Å². The molecule has 4 rings (SSSR count). The van der Waals surface area contributed by atoms with Gasteiger partial charge in [-0.1, -0.05) is 37.9 Å². The Labute approximate surface area is 159 Å². The highest BCUT2D eigenvalue weighted by Gasteiger charge is 2.22. The molecule has 0 aromatic carbocycles. The first-order valence-electron chi connectivity index (χ1n) is 9.93. The molecule has 1 atom stereocenters. The molecule has 2 aromatic heterocycles. The Hall–Kier alpha value is -1.24. The summed E-state index contributed by atoms with van der Waals surface area (Å²) in [5.74, 6) is 1.05. The first-order valence-corrected chi connectivity index (χ1v) is 10.8. The number of aromatic nitrogens is 2. The molecule has 0 saturated heterocycles. The maximum Gasteiger partial charge on any atom is 0.160 e. The Kier molecular flexibility index (Phi) is 5.72. The van der Waals surface area contributed by atoms with E-state index in [-0.39, 0.29) is 0 Å². The van der Waals surface area contributed by atoms with E-state index in [0.29, 0.717) is 6.42 Å². The summed E-state index contributed by atoms with van der Waals surface area (Å²) in [4.78, 5) is 2.40. The third kappa shape index (κ3) is 4.18. The van der Waals surface area contributed by atoms with Crippen LogP contribution in [0.5, 0.6) is 0 Å². The van der Waals surface area contributed by atoms with Gasteiger partial charge in [-0.2, -0.15) is 5.10 Å². The topological polar surface area (TPSA) is 54.4 Å².